The molecule has 0 amide bonds. The molecule has 8 heteroatoms. The van der Waals surface area contributed by atoms with Crippen molar-refractivity contribution in [3.63, 3.8) is 0 Å². The summed E-state index contributed by atoms with van der Waals surface area (Å²) in [6.07, 6.45) is 1.47. The number of H-pyrrole nitrogens is 1. The first-order valence-electron chi connectivity index (χ1n) is 5.66. The molecule has 104 valence electrons. The number of methoxy groups -OCH3 is 1. The molecule has 0 unspecified atom stereocenters. The van der Waals surface area contributed by atoms with Gasteiger partial charge in [-0.3, -0.25) is 5.10 Å². The number of aromatic nitrogens is 2. The van der Waals surface area contributed by atoms with E-state index in [1.807, 2.05) is 0 Å². The number of hydrogen-bond donors (Lipinski definition) is 3. The zero-order chi connectivity index (χ0) is 13.6. The smallest absolute Gasteiger partial charge is 0.260 e. The predicted molar refractivity (Wildman–Crippen MR) is 65.5 cm³/mol. The van der Waals surface area contributed by atoms with Crippen LogP contribution in [-0.2, 0) is 21.4 Å². The highest BCUT2D eigenvalue weighted by Crippen LogP contribution is 2.15. The Balaban J connectivity index is 2.63. The lowest BCUT2D eigenvalue weighted by atomic mass is 10.3. The molecule has 1 aromatic heterocycles. The van der Waals surface area contributed by atoms with Gasteiger partial charge in [-0.25, -0.2) is 13.1 Å². The molecule has 0 spiro atoms. The second kappa shape index (κ2) is 6.83. The van der Waals surface area contributed by atoms with Gasteiger partial charge in [0, 0.05) is 31.5 Å². The van der Waals surface area contributed by atoms with Crippen LogP contribution in [0.25, 0.3) is 0 Å². The molecule has 0 atom stereocenters. The quantitative estimate of drug-likeness (QED) is 0.576. The third kappa shape index (κ3) is 3.77. The van der Waals surface area contributed by atoms with E-state index >= 15 is 0 Å². The van der Waals surface area contributed by atoms with Crippen molar-refractivity contribution in [2.24, 2.45) is 0 Å². The lowest BCUT2D eigenvalue weighted by molar-refractivity contribution is 0.193. The monoisotopic (exact) mass is 277 g/mol. The van der Waals surface area contributed by atoms with Crippen molar-refractivity contribution >= 4 is 10.0 Å². The Morgan fingerprint density at radius 1 is 1.44 bits per heavy atom. The number of aliphatic hydroxyl groups is 1. The van der Waals surface area contributed by atoms with E-state index in [-0.39, 0.29) is 11.6 Å². The number of aromatic amines is 1. The number of hydrogen-bond acceptors (Lipinski definition) is 5. The van der Waals surface area contributed by atoms with Crippen molar-refractivity contribution in [2.75, 3.05) is 20.3 Å². The van der Waals surface area contributed by atoms with Crippen molar-refractivity contribution in [2.45, 2.75) is 31.4 Å². The molecule has 3 N–H and O–H groups in total. The van der Waals surface area contributed by atoms with E-state index in [2.05, 4.69) is 14.9 Å². The molecule has 1 heterocycles. The Labute approximate surface area is 107 Å². The third-order valence-electron chi connectivity index (χ3n) is 2.52. The van der Waals surface area contributed by atoms with Gasteiger partial charge < -0.3 is 9.84 Å². The van der Waals surface area contributed by atoms with Crippen LogP contribution in [0.1, 0.15) is 24.1 Å². The largest absolute Gasteiger partial charge is 0.392 e. The van der Waals surface area contributed by atoms with E-state index in [4.69, 9.17) is 9.84 Å². The molecule has 0 aromatic carbocycles. The zero-order valence-corrected chi connectivity index (χ0v) is 11.4. The molecule has 0 bridgehead atoms. The summed E-state index contributed by atoms with van der Waals surface area (Å²) in [5.74, 6) is 0. The summed E-state index contributed by atoms with van der Waals surface area (Å²) in [4.78, 5) is 0. The van der Waals surface area contributed by atoms with Crippen LogP contribution in [0, 0.1) is 6.92 Å². The normalized spacial score (nSPS) is 11.9. The predicted octanol–water partition coefficient (Wildman–Crippen LogP) is -0.0847. The van der Waals surface area contributed by atoms with Gasteiger partial charge in [0.1, 0.15) is 0 Å². The summed E-state index contributed by atoms with van der Waals surface area (Å²) < 4.78 is 31.2. The standard InChI is InChI=1S/C10H19N3O4S/c1-8-9(7-14)10(13-12-8)18(15,16)11-5-3-4-6-17-2/h11,14H,3-7H2,1-2H3,(H,12,13). The van der Waals surface area contributed by atoms with Crippen LogP contribution in [0.2, 0.25) is 0 Å². The first-order valence-corrected chi connectivity index (χ1v) is 7.14. The van der Waals surface area contributed by atoms with Crippen LogP contribution in [0.5, 0.6) is 0 Å². The lowest BCUT2D eigenvalue weighted by Gasteiger charge is -2.05. The van der Waals surface area contributed by atoms with Crippen molar-refractivity contribution in [1.82, 2.24) is 14.9 Å². The van der Waals surface area contributed by atoms with Gasteiger partial charge in [0.15, 0.2) is 5.03 Å². The first-order chi connectivity index (χ1) is 8.53. The summed E-state index contributed by atoms with van der Waals surface area (Å²) >= 11 is 0. The van der Waals surface area contributed by atoms with Gasteiger partial charge in [-0.15, -0.1) is 0 Å². The van der Waals surface area contributed by atoms with Crippen molar-refractivity contribution in [1.29, 1.82) is 0 Å². The molecule has 1 rings (SSSR count). The van der Waals surface area contributed by atoms with E-state index in [1.54, 1.807) is 14.0 Å². The molecule has 18 heavy (non-hydrogen) atoms. The molecule has 0 radical (unpaired) electrons. The van der Waals surface area contributed by atoms with Crippen LogP contribution in [-0.4, -0.2) is 44.0 Å². The van der Waals surface area contributed by atoms with Crippen molar-refractivity contribution in [3.8, 4) is 0 Å². The molecule has 0 aliphatic carbocycles. The fourth-order valence-corrected chi connectivity index (χ4v) is 2.74. The van der Waals surface area contributed by atoms with Crippen LogP contribution >= 0.6 is 0 Å². The average molecular weight is 277 g/mol. The van der Waals surface area contributed by atoms with Gasteiger partial charge >= 0.3 is 0 Å². The molecule has 0 saturated carbocycles. The molecule has 1 aromatic rings. The van der Waals surface area contributed by atoms with Crippen LogP contribution in [0.15, 0.2) is 5.03 Å². The molecule has 0 fully saturated rings. The Morgan fingerprint density at radius 2 is 2.17 bits per heavy atom. The van der Waals surface area contributed by atoms with Crippen LogP contribution in [0.3, 0.4) is 0 Å². The van der Waals surface area contributed by atoms with Gasteiger partial charge in [0.25, 0.3) is 10.0 Å². The molecule has 7 nitrogen and oxygen atoms in total. The number of nitrogens with zero attached hydrogens (tertiary/aromatic N) is 1. The Kier molecular flexibility index (Phi) is 5.73. The minimum atomic E-state index is -3.66. The second-order valence-corrected chi connectivity index (χ2v) is 5.57. The maximum absolute atomic E-state index is 11.9. The topological polar surface area (TPSA) is 104 Å². The first kappa shape index (κ1) is 15.1. The summed E-state index contributed by atoms with van der Waals surface area (Å²) in [5, 5.41) is 15.3. The van der Waals surface area contributed by atoms with E-state index in [0.29, 0.717) is 30.8 Å². The summed E-state index contributed by atoms with van der Waals surface area (Å²) in [6, 6.07) is 0. The van der Waals surface area contributed by atoms with E-state index in [0.717, 1.165) is 6.42 Å². The maximum atomic E-state index is 11.9. The Hall–Kier alpha value is -0.960. The highest BCUT2D eigenvalue weighted by atomic mass is 32.2. The van der Waals surface area contributed by atoms with Gasteiger partial charge in [0.05, 0.1) is 6.61 Å². The maximum Gasteiger partial charge on any atom is 0.260 e. The second-order valence-electron chi connectivity index (χ2n) is 3.89. The van der Waals surface area contributed by atoms with E-state index in [9.17, 15) is 8.42 Å². The number of aliphatic hydroxyl groups excluding tert-OH is 1. The minimum absolute atomic E-state index is 0.130. The van der Waals surface area contributed by atoms with Crippen molar-refractivity contribution < 1.29 is 18.3 Å². The fraction of sp³-hybridized carbons (Fsp3) is 0.700. The summed E-state index contributed by atoms with van der Waals surface area (Å²) in [5.41, 5.74) is 0.858. The SMILES string of the molecule is COCCCCNS(=O)(=O)c1n[nH]c(C)c1CO. The molecule has 0 saturated heterocycles. The van der Waals surface area contributed by atoms with E-state index < -0.39 is 10.0 Å². The van der Waals surface area contributed by atoms with Crippen LogP contribution < -0.4 is 4.72 Å². The van der Waals surface area contributed by atoms with Crippen molar-refractivity contribution in [3.05, 3.63) is 11.3 Å². The van der Waals surface area contributed by atoms with Gasteiger partial charge in [-0.1, -0.05) is 0 Å². The fourth-order valence-electron chi connectivity index (χ4n) is 1.48. The van der Waals surface area contributed by atoms with Crippen LogP contribution in [0.4, 0.5) is 0 Å². The molecule has 0 aliphatic heterocycles. The number of unbranched alkanes of at least 4 members (excludes halogenated alkanes) is 1. The Bertz CT molecular complexity index is 469. The average Bonchev–Trinajstić information content (AvgIpc) is 2.70. The summed E-state index contributed by atoms with van der Waals surface area (Å²) in [6.45, 7) is 2.23. The minimum Gasteiger partial charge on any atom is -0.392 e. The number of rotatable bonds is 8. The number of nitrogens with one attached hydrogen (secondary N) is 2. The highest BCUT2D eigenvalue weighted by molar-refractivity contribution is 7.89. The molecular formula is C10H19N3O4S. The van der Waals surface area contributed by atoms with Gasteiger partial charge in [-0.2, -0.15) is 5.10 Å². The number of sulfonamides is 1. The lowest BCUT2D eigenvalue weighted by Crippen LogP contribution is -2.26. The van der Waals surface area contributed by atoms with E-state index in [1.165, 1.54) is 0 Å². The Morgan fingerprint density at radius 3 is 2.78 bits per heavy atom. The van der Waals surface area contributed by atoms with Gasteiger partial charge in [-0.05, 0) is 19.8 Å². The van der Waals surface area contributed by atoms with Gasteiger partial charge in [0.2, 0.25) is 0 Å². The third-order valence-corrected chi connectivity index (χ3v) is 3.95. The molecule has 0 aliphatic rings. The zero-order valence-electron chi connectivity index (χ0n) is 10.6. The number of aryl methyl sites for hydroxylation is 1. The highest BCUT2D eigenvalue weighted by Gasteiger charge is 2.22. The summed E-state index contributed by atoms with van der Waals surface area (Å²) in [7, 11) is -2.06. The number of ether oxygens (including phenoxy) is 1. The molecular weight excluding hydrogens is 258 g/mol.